The van der Waals surface area contributed by atoms with E-state index in [2.05, 4.69) is 0 Å². The first-order valence-electron chi connectivity index (χ1n) is 13.9. The Morgan fingerprint density at radius 1 is 0.773 bits per heavy atom. The zero-order valence-corrected chi connectivity index (χ0v) is 25.0. The van der Waals surface area contributed by atoms with Gasteiger partial charge in [0.1, 0.15) is 17.3 Å². The molecule has 0 aromatic heterocycles. The molecule has 1 fully saturated rings. The fourth-order valence-electron chi connectivity index (χ4n) is 6.50. The number of fused-ring (bicyclic) bond motifs is 2. The maximum Gasteiger partial charge on any atom is 0.343 e. The zero-order valence-electron chi connectivity index (χ0n) is 25.0. The highest BCUT2D eigenvalue weighted by atomic mass is 16.6. The van der Waals surface area contributed by atoms with E-state index in [4.69, 9.17) is 23.7 Å². The third-order valence-corrected chi connectivity index (χ3v) is 8.32. The van der Waals surface area contributed by atoms with Gasteiger partial charge >= 0.3 is 29.8 Å². The predicted molar refractivity (Wildman–Crippen MR) is 155 cm³/mol. The molecule has 1 N–H and O–H groups in total. The molecular formula is C33H34O11. The van der Waals surface area contributed by atoms with Crippen LogP contribution in [0, 0.1) is 29.6 Å². The van der Waals surface area contributed by atoms with Crippen LogP contribution in [0.25, 0.3) is 11.6 Å². The van der Waals surface area contributed by atoms with Gasteiger partial charge in [-0.1, -0.05) is 67.6 Å². The molecule has 0 radical (unpaired) electrons. The predicted octanol–water partition coefficient (Wildman–Crippen LogP) is 2.97. The van der Waals surface area contributed by atoms with Gasteiger partial charge < -0.3 is 28.8 Å². The Hall–Kier alpha value is -4.77. The lowest BCUT2D eigenvalue weighted by Crippen LogP contribution is -2.68. The maximum atomic E-state index is 14.1. The van der Waals surface area contributed by atoms with Gasteiger partial charge in [-0.25, -0.2) is 9.59 Å². The third kappa shape index (κ3) is 5.62. The summed E-state index contributed by atoms with van der Waals surface area (Å²) in [6.07, 6.45) is 1.55. The number of esters is 5. The first kappa shape index (κ1) is 32.2. The average molecular weight is 607 g/mol. The molecule has 2 aromatic carbocycles. The molecule has 6 unspecified atom stereocenters. The van der Waals surface area contributed by atoms with E-state index in [1.165, 1.54) is 0 Å². The fraction of sp³-hybridized carbons (Fsp3) is 0.364. The minimum Gasteiger partial charge on any atom is -0.469 e. The van der Waals surface area contributed by atoms with Gasteiger partial charge in [0.2, 0.25) is 0 Å². The zero-order chi connectivity index (χ0) is 32.2. The largest absolute Gasteiger partial charge is 0.469 e. The normalized spacial score (nSPS) is 26.2. The molecule has 11 nitrogen and oxygen atoms in total. The average Bonchev–Trinajstić information content (AvgIpc) is 3.03. The molecule has 44 heavy (non-hydrogen) atoms. The van der Waals surface area contributed by atoms with Crippen molar-refractivity contribution in [1.82, 2.24) is 0 Å². The second-order valence-electron chi connectivity index (χ2n) is 10.7. The summed E-state index contributed by atoms with van der Waals surface area (Å²) < 4.78 is 26.0. The number of carbonyl (C=O) groups is 5. The second-order valence-corrected chi connectivity index (χ2v) is 10.7. The van der Waals surface area contributed by atoms with Crippen LogP contribution in [-0.2, 0) is 47.7 Å². The SMILES string of the molecule is COC(=O)C1=C(OC(=O)/C(=C/c2ccccc2)c2ccccc2)C(C(=O)OC)C2(O)C(C(=O)OC)C(C)CC1C2C(=O)OC. The van der Waals surface area contributed by atoms with Crippen LogP contribution in [0.1, 0.15) is 24.5 Å². The fourth-order valence-corrected chi connectivity index (χ4v) is 6.50. The van der Waals surface area contributed by atoms with Crippen molar-refractivity contribution in [2.45, 2.75) is 18.9 Å². The summed E-state index contributed by atoms with van der Waals surface area (Å²) >= 11 is 0. The van der Waals surface area contributed by atoms with Crippen LogP contribution >= 0.6 is 0 Å². The standard InChI is InChI=1S/C33H34O11/c1-18-16-22-23(29(35)40-2)27(26(32(38)43-5)33(39,24(18)30(36)41-3)25(22)31(37)42-4)44-28(34)21(20-14-10-7-11-15-20)17-19-12-8-6-9-13-19/h6-15,17-18,22,24-26,39H,16H2,1-5H3/b21-17+. The van der Waals surface area contributed by atoms with Crippen molar-refractivity contribution in [2.75, 3.05) is 28.4 Å². The summed E-state index contributed by atoms with van der Waals surface area (Å²) in [5.74, 6) is -12.6. The first-order chi connectivity index (χ1) is 21.0. The monoisotopic (exact) mass is 606 g/mol. The van der Waals surface area contributed by atoms with E-state index in [-0.39, 0.29) is 17.6 Å². The minimum atomic E-state index is -2.58. The summed E-state index contributed by atoms with van der Waals surface area (Å²) in [4.78, 5) is 67.6. The van der Waals surface area contributed by atoms with Gasteiger partial charge in [0.15, 0.2) is 0 Å². The van der Waals surface area contributed by atoms with E-state index >= 15 is 0 Å². The molecule has 232 valence electrons. The molecule has 4 rings (SSSR count). The van der Waals surface area contributed by atoms with Crippen LogP contribution in [0.2, 0.25) is 0 Å². The van der Waals surface area contributed by atoms with Gasteiger partial charge in [-0.2, -0.15) is 0 Å². The van der Waals surface area contributed by atoms with Gasteiger partial charge in [0.05, 0.1) is 51.4 Å². The third-order valence-electron chi connectivity index (χ3n) is 8.32. The summed E-state index contributed by atoms with van der Waals surface area (Å²) in [5, 5.41) is 12.5. The van der Waals surface area contributed by atoms with Crippen LogP contribution in [0.4, 0.5) is 0 Å². The first-order valence-corrected chi connectivity index (χ1v) is 13.9. The topological polar surface area (TPSA) is 152 Å². The lowest BCUT2D eigenvalue weighted by Gasteiger charge is -2.55. The van der Waals surface area contributed by atoms with E-state index < -0.39 is 70.8 Å². The van der Waals surface area contributed by atoms with Crippen molar-refractivity contribution >= 4 is 41.5 Å². The lowest BCUT2D eigenvalue weighted by atomic mass is 9.50. The molecule has 11 heteroatoms. The van der Waals surface area contributed by atoms with Crippen molar-refractivity contribution < 1.29 is 52.8 Å². The molecule has 0 saturated heterocycles. The summed E-state index contributed by atoms with van der Waals surface area (Å²) in [5.41, 5.74) is -1.74. The number of hydrogen-bond acceptors (Lipinski definition) is 11. The Kier molecular flexibility index (Phi) is 9.68. The molecule has 2 aliphatic carbocycles. The highest BCUT2D eigenvalue weighted by molar-refractivity contribution is 6.22. The smallest absolute Gasteiger partial charge is 0.343 e. The van der Waals surface area contributed by atoms with Crippen molar-refractivity contribution in [3.63, 3.8) is 0 Å². The number of ether oxygens (including phenoxy) is 5. The molecule has 0 spiro atoms. The Labute approximate surface area is 254 Å². The molecule has 2 aliphatic rings. The molecule has 2 bridgehead atoms. The Balaban J connectivity index is 2.01. The molecule has 2 aromatic rings. The number of rotatable bonds is 8. The van der Waals surface area contributed by atoms with Crippen LogP contribution < -0.4 is 0 Å². The van der Waals surface area contributed by atoms with E-state index in [1.807, 2.05) is 6.07 Å². The van der Waals surface area contributed by atoms with E-state index in [0.29, 0.717) is 11.1 Å². The number of aliphatic hydroxyl groups is 1. The number of methoxy groups -OCH3 is 4. The van der Waals surface area contributed by atoms with Gasteiger partial charge in [0.25, 0.3) is 0 Å². The second kappa shape index (κ2) is 13.3. The summed E-state index contributed by atoms with van der Waals surface area (Å²) in [6, 6.07) is 17.5. The highest BCUT2D eigenvalue weighted by Crippen LogP contribution is 2.58. The molecule has 0 amide bonds. The molecule has 0 aliphatic heterocycles. The van der Waals surface area contributed by atoms with E-state index in [1.54, 1.807) is 67.6 Å². The Morgan fingerprint density at radius 3 is 1.86 bits per heavy atom. The molecule has 1 saturated carbocycles. The van der Waals surface area contributed by atoms with Crippen LogP contribution in [0.5, 0.6) is 0 Å². The van der Waals surface area contributed by atoms with E-state index in [0.717, 1.165) is 28.4 Å². The number of benzene rings is 2. The van der Waals surface area contributed by atoms with Crippen molar-refractivity contribution in [3.05, 3.63) is 83.1 Å². The maximum absolute atomic E-state index is 14.1. The van der Waals surface area contributed by atoms with Crippen LogP contribution in [0.3, 0.4) is 0 Å². The number of carbonyl (C=O) groups excluding carboxylic acids is 5. The minimum absolute atomic E-state index is 0.0212. The van der Waals surface area contributed by atoms with Crippen LogP contribution in [-0.4, -0.2) is 69.0 Å². The van der Waals surface area contributed by atoms with Crippen molar-refractivity contribution in [1.29, 1.82) is 0 Å². The van der Waals surface area contributed by atoms with Gasteiger partial charge in [-0.15, -0.1) is 0 Å². The Bertz CT molecular complexity index is 1490. The van der Waals surface area contributed by atoms with Crippen molar-refractivity contribution in [2.24, 2.45) is 29.6 Å². The van der Waals surface area contributed by atoms with Crippen LogP contribution in [0.15, 0.2) is 72.0 Å². The van der Waals surface area contributed by atoms with E-state index in [9.17, 15) is 29.1 Å². The quantitative estimate of drug-likeness (QED) is 0.204. The highest BCUT2D eigenvalue weighted by Gasteiger charge is 2.71. The number of hydrogen-bond donors (Lipinski definition) is 1. The summed E-state index contributed by atoms with van der Waals surface area (Å²) in [7, 11) is 4.28. The Morgan fingerprint density at radius 2 is 1.32 bits per heavy atom. The van der Waals surface area contributed by atoms with Crippen molar-refractivity contribution in [3.8, 4) is 0 Å². The molecule has 0 heterocycles. The van der Waals surface area contributed by atoms with Gasteiger partial charge in [-0.05, 0) is 29.5 Å². The molecular weight excluding hydrogens is 572 g/mol. The molecule has 6 atom stereocenters. The van der Waals surface area contributed by atoms with Gasteiger partial charge in [0, 0.05) is 5.92 Å². The van der Waals surface area contributed by atoms with Gasteiger partial charge in [-0.3, -0.25) is 14.4 Å². The summed E-state index contributed by atoms with van der Waals surface area (Å²) in [6.45, 7) is 1.61. The lowest BCUT2D eigenvalue weighted by molar-refractivity contribution is -0.212.